The zero-order valence-corrected chi connectivity index (χ0v) is 16.2. The van der Waals surface area contributed by atoms with Crippen molar-refractivity contribution in [3.63, 3.8) is 0 Å². The number of benzene rings is 1. The van der Waals surface area contributed by atoms with Crippen molar-refractivity contribution in [1.82, 2.24) is 15.1 Å². The van der Waals surface area contributed by atoms with E-state index in [4.69, 9.17) is 14.2 Å². The second-order valence-electron chi connectivity index (χ2n) is 7.55. The molecule has 3 aliphatic heterocycles. The molecule has 0 radical (unpaired) electrons. The highest BCUT2D eigenvalue weighted by molar-refractivity contribution is 5.89. The monoisotopic (exact) mass is 392 g/mol. The number of methoxy groups -OCH3 is 1. The number of anilines is 1. The van der Waals surface area contributed by atoms with Crippen LogP contribution in [0.5, 0.6) is 5.75 Å². The molecule has 3 heterocycles. The average Bonchev–Trinajstić information content (AvgIpc) is 3.12. The predicted octanol–water partition coefficient (Wildman–Crippen LogP) is -0.0827. The Kier molecular flexibility index (Phi) is 5.70. The summed E-state index contributed by atoms with van der Waals surface area (Å²) in [5, 5.41) is 16.7. The van der Waals surface area contributed by atoms with Crippen LogP contribution in [0.1, 0.15) is 0 Å². The van der Waals surface area contributed by atoms with Crippen LogP contribution in [0.15, 0.2) is 24.3 Å². The summed E-state index contributed by atoms with van der Waals surface area (Å²) in [4.78, 5) is 17.0. The van der Waals surface area contributed by atoms with Gasteiger partial charge in [0.15, 0.2) is 6.29 Å². The van der Waals surface area contributed by atoms with Crippen LogP contribution in [-0.2, 0) is 9.47 Å². The van der Waals surface area contributed by atoms with Crippen molar-refractivity contribution in [2.45, 2.75) is 30.6 Å². The standard InChI is InChI=1S/C19H28N4O5/c1-22-6-8-23(9-7-22)16-17(24)15(14-11-27-18(16)28-14)21-19(25)20-12-4-3-5-13(10-12)26-2/h3-5,10,14-18,24H,6-9,11H2,1-2H3,(H2,20,21,25)/t14-,15+,16-,17-,18+/m0/s1. The molecular formula is C19H28N4O5. The van der Waals surface area contributed by atoms with Crippen LogP contribution in [0.2, 0.25) is 0 Å². The summed E-state index contributed by atoms with van der Waals surface area (Å²) in [6, 6.07) is 5.86. The van der Waals surface area contributed by atoms with Crippen LogP contribution >= 0.6 is 0 Å². The van der Waals surface area contributed by atoms with Crippen molar-refractivity contribution in [3.8, 4) is 5.75 Å². The number of likely N-dealkylation sites (N-methyl/N-ethyl adjacent to an activating group) is 1. The van der Waals surface area contributed by atoms with Gasteiger partial charge in [0.05, 0.1) is 31.9 Å². The van der Waals surface area contributed by atoms with Gasteiger partial charge in [-0.05, 0) is 19.2 Å². The quantitative estimate of drug-likeness (QED) is 0.660. The molecule has 0 aliphatic carbocycles. The molecule has 1 aromatic carbocycles. The van der Waals surface area contributed by atoms with E-state index in [2.05, 4.69) is 27.5 Å². The van der Waals surface area contributed by atoms with Crippen LogP contribution in [0.3, 0.4) is 0 Å². The first-order valence-corrected chi connectivity index (χ1v) is 9.64. The lowest BCUT2D eigenvalue weighted by atomic mass is 9.94. The summed E-state index contributed by atoms with van der Waals surface area (Å²) in [5.74, 6) is 0.654. The van der Waals surface area contributed by atoms with Gasteiger partial charge in [-0.3, -0.25) is 4.90 Å². The molecule has 0 saturated carbocycles. The van der Waals surface area contributed by atoms with Crippen molar-refractivity contribution >= 4 is 11.7 Å². The number of urea groups is 1. The van der Waals surface area contributed by atoms with Gasteiger partial charge in [-0.15, -0.1) is 0 Å². The lowest BCUT2D eigenvalue weighted by Crippen LogP contribution is -2.67. The Morgan fingerprint density at radius 3 is 2.82 bits per heavy atom. The van der Waals surface area contributed by atoms with Gasteiger partial charge in [0.1, 0.15) is 11.9 Å². The number of rotatable bonds is 4. The van der Waals surface area contributed by atoms with Gasteiger partial charge in [0.25, 0.3) is 0 Å². The Balaban J connectivity index is 1.42. The lowest BCUT2D eigenvalue weighted by Gasteiger charge is -2.46. The maximum Gasteiger partial charge on any atom is 0.319 e. The third-order valence-corrected chi connectivity index (χ3v) is 5.72. The summed E-state index contributed by atoms with van der Waals surface area (Å²) >= 11 is 0. The topological polar surface area (TPSA) is 95.5 Å². The molecule has 9 heteroatoms. The van der Waals surface area contributed by atoms with Gasteiger partial charge in [-0.2, -0.15) is 0 Å². The van der Waals surface area contributed by atoms with E-state index >= 15 is 0 Å². The van der Waals surface area contributed by atoms with Crippen LogP contribution in [0.4, 0.5) is 10.5 Å². The lowest BCUT2D eigenvalue weighted by molar-refractivity contribution is -0.184. The molecule has 4 rings (SSSR count). The van der Waals surface area contributed by atoms with E-state index in [0.29, 0.717) is 18.0 Å². The van der Waals surface area contributed by atoms with Crippen molar-refractivity contribution < 1.29 is 24.1 Å². The summed E-state index contributed by atoms with van der Waals surface area (Å²) in [7, 11) is 3.66. The zero-order valence-electron chi connectivity index (χ0n) is 16.2. The minimum absolute atomic E-state index is 0.297. The molecule has 3 N–H and O–H groups in total. The number of nitrogens with zero attached hydrogens (tertiary/aromatic N) is 2. The second-order valence-corrected chi connectivity index (χ2v) is 7.55. The van der Waals surface area contributed by atoms with Gasteiger partial charge >= 0.3 is 6.03 Å². The van der Waals surface area contributed by atoms with E-state index in [-0.39, 0.29) is 12.1 Å². The number of hydrogen-bond donors (Lipinski definition) is 3. The summed E-state index contributed by atoms with van der Waals surface area (Å²) in [5.41, 5.74) is 0.610. The second kappa shape index (κ2) is 8.22. The van der Waals surface area contributed by atoms with Crippen LogP contribution < -0.4 is 15.4 Å². The maximum atomic E-state index is 12.5. The molecule has 3 fully saturated rings. The Bertz CT molecular complexity index is 697. The number of carbonyl (C=O) groups excluding carboxylic acids is 1. The fourth-order valence-electron chi connectivity index (χ4n) is 4.11. The zero-order chi connectivity index (χ0) is 19.7. The molecule has 5 atom stereocenters. The number of carbonyl (C=O) groups is 1. The Hall–Kier alpha value is -1.91. The van der Waals surface area contributed by atoms with Crippen LogP contribution in [-0.4, -0.2) is 98.5 Å². The summed E-state index contributed by atoms with van der Waals surface area (Å²) in [6.45, 7) is 3.86. The molecule has 2 amide bonds. The van der Waals surface area contributed by atoms with Crippen molar-refractivity contribution in [1.29, 1.82) is 0 Å². The van der Waals surface area contributed by atoms with E-state index in [1.54, 1.807) is 31.4 Å². The molecule has 3 saturated heterocycles. The largest absolute Gasteiger partial charge is 0.497 e. The van der Waals surface area contributed by atoms with Gasteiger partial charge in [0.2, 0.25) is 0 Å². The molecule has 2 bridgehead atoms. The molecular weight excluding hydrogens is 364 g/mol. The number of aliphatic hydroxyl groups is 1. The van der Waals surface area contributed by atoms with Crippen molar-refractivity contribution in [2.75, 3.05) is 52.3 Å². The highest BCUT2D eigenvalue weighted by atomic mass is 16.7. The molecule has 1 aromatic rings. The fourth-order valence-corrected chi connectivity index (χ4v) is 4.11. The molecule has 9 nitrogen and oxygen atoms in total. The van der Waals surface area contributed by atoms with E-state index in [0.717, 1.165) is 26.2 Å². The first-order chi connectivity index (χ1) is 13.5. The van der Waals surface area contributed by atoms with Gasteiger partial charge in [-0.1, -0.05) is 6.07 Å². The van der Waals surface area contributed by atoms with E-state index in [1.807, 2.05) is 0 Å². The molecule has 0 unspecified atom stereocenters. The average molecular weight is 392 g/mol. The Labute approximate surface area is 164 Å². The molecule has 0 spiro atoms. The first-order valence-electron chi connectivity index (χ1n) is 9.64. The van der Waals surface area contributed by atoms with Gasteiger partial charge < -0.3 is 34.9 Å². The third-order valence-electron chi connectivity index (χ3n) is 5.72. The molecule has 0 aromatic heterocycles. The number of ether oxygens (including phenoxy) is 3. The normalized spacial score (nSPS) is 33.5. The number of amides is 2. The number of hydrogen-bond acceptors (Lipinski definition) is 7. The Morgan fingerprint density at radius 1 is 1.29 bits per heavy atom. The van der Waals surface area contributed by atoms with E-state index in [1.165, 1.54) is 0 Å². The molecule has 28 heavy (non-hydrogen) atoms. The van der Waals surface area contributed by atoms with Crippen molar-refractivity contribution in [3.05, 3.63) is 24.3 Å². The highest BCUT2D eigenvalue weighted by Crippen LogP contribution is 2.32. The van der Waals surface area contributed by atoms with Gasteiger partial charge in [0, 0.05) is 37.9 Å². The third kappa shape index (κ3) is 3.94. The molecule has 3 aliphatic rings. The highest BCUT2D eigenvalue weighted by Gasteiger charge is 2.52. The van der Waals surface area contributed by atoms with Crippen LogP contribution in [0.25, 0.3) is 0 Å². The number of nitrogens with one attached hydrogen (secondary N) is 2. The van der Waals surface area contributed by atoms with Crippen molar-refractivity contribution in [2.24, 2.45) is 0 Å². The smallest absolute Gasteiger partial charge is 0.319 e. The minimum Gasteiger partial charge on any atom is -0.497 e. The van der Waals surface area contributed by atoms with Crippen LogP contribution in [0, 0.1) is 0 Å². The number of piperazine rings is 1. The Morgan fingerprint density at radius 2 is 2.07 bits per heavy atom. The minimum atomic E-state index is -0.772. The van der Waals surface area contributed by atoms with E-state index in [9.17, 15) is 9.90 Å². The first kappa shape index (κ1) is 19.4. The van der Waals surface area contributed by atoms with Gasteiger partial charge in [-0.25, -0.2) is 4.79 Å². The predicted molar refractivity (Wildman–Crippen MR) is 102 cm³/mol. The number of fused-ring (bicyclic) bond motifs is 2. The molecule has 154 valence electrons. The number of aliphatic hydroxyl groups excluding tert-OH is 1. The SMILES string of the molecule is COc1cccc(NC(=O)N[C@H]2[C@H](O)[C@H](N3CCN(C)CC3)[C@@H]3OC[C@@H]2O3)c1. The summed E-state index contributed by atoms with van der Waals surface area (Å²) in [6.07, 6.45) is -1.59. The van der Waals surface area contributed by atoms with E-state index < -0.39 is 24.5 Å². The fraction of sp³-hybridized carbons (Fsp3) is 0.632. The maximum absolute atomic E-state index is 12.5. The summed E-state index contributed by atoms with van der Waals surface area (Å²) < 4.78 is 16.9.